The van der Waals surface area contributed by atoms with Gasteiger partial charge in [-0.05, 0) is 38.1 Å². The molecule has 0 aliphatic carbocycles. The van der Waals surface area contributed by atoms with Crippen molar-refractivity contribution in [1.82, 2.24) is 9.72 Å². The number of fused-ring (bicyclic) bond motifs is 1. The van der Waals surface area contributed by atoms with E-state index in [-0.39, 0.29) is 11.7 Å². The topological polar surface area (TPSA) is 60.1 Å². The monoisotopic (exact) mass is 269 g/mol. The second-order valence-corrected chi connectivity index (χ2v) is 4.63. The highest BCUT2D eigenvalue weighted by Crippen LogP contribution is 2.23. The van der Waals surface area contributed by atoms with E-state index in [9.17, 15) is 4.79 Å². The molecule has 2 aromatic heterocycles. The highest BCUT2D eigenvalue weighted by atomic mass is 16.5. The molecular weight excluding hydrogens is 254 g/mol. The molecule has 0 radical (unpaired) electrons. The summed E-state index contributed by atoms with van der Waals surface area (Å²) in [5, 5.41) is 7.43. The van der Waals surface area contributed by atoms with Gasteiger partial charge in [-0.25, -0.2) is 0 Å². The largest absolute Gasteiger partial charge is 0.351 e. The lowest BCUT2D eigenvalue weighted by Crippen LogP contribution is -2.10. The number of nitrogens with one attached hydrogen (secondary N) is 1. The molecular formula is C15H15N3O2. The molecule has 0 saturated carbocycles. The van der Waals surface area contributed by atoms with Gasteiger partial charge in [0.1, 0.15) is 0 Å². The zero-order chi connectivity index (χ0) is 14.1. The van der Waals surface area contributed by atoms with Crippen LogP contribution in [0.5, 0.6) is 0 Å². The molecule has 0 atom stereocenters. The molecule has 20 heavy (non-hydrogen) atoms. The Kier molecular flexibility index (Phi) is 3.02. The van der Waals surface area contributed by atoms with E-state index >= 15 is 0 Å². The molecule has 0 aliphatic rings. The Bertz CT molecular complexity index is 757. The second kappa shape index (κ2) is 4.85. The first-order chi connectivity index (χ1) is 9.69. The van der Waals surface area contributed by atoms with Crippen molar-refractivity contribution in [3.8, 4) is 0 Å². The molecule has 2 heterocycles. The number of carbonyl (C=O) groups excluding carboxylic acids is 1. The minimum atomic E-state index is -0.298. The fourth-order valence-corrected chi connectivity index (χ4v) is 2.43. The number of rotatable bonds is 3. The number of anilines is 1. The summed E-state index contributed by atoms with van der Waals surface area (Å²) in [5.41, 5.74) is 3.12. The number of benzene rings is 1. The zero-order valence-electron chi connectivity index (χ0n) is 11.4. The molecule has 3 rings (SSSR count). The molecule has 5 nitrogen and oxygen atoms in total. The zero-order valence-corrected chi connectivity index (χ0v) is 11.4. The second-order valence-electron chi connectivity index (χ2n) is 4.63. The van der Waals surface area contributed by atoms with Crippen molar-refractivity contribution in [3.63, 3.8) is 0 Å². The molecule has 0 unspecified atom stereocenters. The number of nitrogens with zero attached hydrogens (tertiary/aromatic N) is 2. The van der Waals surface area contributed by atoms with Crippen molar-refractivity contribution in [1.29, 1.82) is 0 Å². The predicted octanol–water partition coefficient (Wildman–Crippen LogP) is 3.21. The first kappa shape index (κ1) is 12.5. The van der Waals surface area contributed by atoms with Crippen LogP contribution in [0, 0.1) is 6.92 Å². The maximum atomic E-state index is 11.9. The first-order valence-electron chi connectivity index (χ1n) is 6.51. The fraction of sp³-hybridized carbons (Fsp3) is 0.200. The first-order valence-corrected chi connectivity index (χ1v) is 6.51. The summed E-state index contributed by atoms with van der Waals surface area (Å²) in [6, 6.07) is 9.52. The van der Waals surface area contributed by atoms with Gasteiger partial charge in [-0.3, -0.25) is 4.79 Å². The third-order valence-electron chi connectivity index (χ3n) is 3.34. The lowest BCUT2D eigenvalue weighted by Gasteiger charge is -2.05. The maximum Gasteiger partial charge on any atom is 0.294 e. The molecule has 0 saturated heterocycles. The number of amides is 1. The van der Waals surface area contributed by atoms with Gasteiger partial charge >= 0.3 is 0 Å². The Morgan fingerprint density at radius 2 is 2.20 bits per heavy atom. The summed E-state index contributed by atoms with van der Waals surface area (Å²) in [6.07, 6.45) is 1.45. The van der Waals surface area contributed by atoms with E-state index in [1.807, 2.05) is 18.2 Å². The number of aromatic nitrogens is 2. The van der Waals surface area contributed by atoms with Gasteiger partial charge in [-0.15, -0.1) is 0 Å². The number of hydrogen-bond donors (Lipinski definition) is 1. The molecule has 1 aromatic carbocycles. The summed E-state index contributed by atoms with van der Waals surface area (Å²) < 4.78 is 7.06. The van der Waals surface area contributed by atoms with E-state index in [0.717, 1.165) is 17.6 Å². The summed E-state index contributed by atoms with van der Waals surface area (Å²) >= 11 is 0. The van der Waals surface area contributed by atoms with Crippen LogP contribution < -0.4 is 5.32 Å². The van der Waals surface area contributed by atoms with Gasteiger partial charge in [-0.2, -0.15) is 0 Å². The standard InChI is InChI=1S/C15H15N3O2/c1-3-18-10(2)8-11-9-12(4-5-13(11)18)17-15(19)14-6-7-16-20-14/h4-9H,3H2,1-2H3,(H,17,19). The minimum Gasteiger partial charge on any atom is -0.351 e. The Hall–Kier alpha value is -2.56. The van der Waals surface area contributed by atoms with Crippen molar-refractivity contribution in [3.05, 3.63) is 48.0 Å². The van der Waals surface area contributed by atoms with Crippen LogP contribution in [-0.2, 0) is 6.54 Å². The molecule has 0 aliphatic heterocycles. The molecule has 5 heteroatoms. The van der Waals surface area contributed by atoms with Crippen LogP contribution in [0.25, 0.3) is 10.9 Å². The molecule has 0 spiro atoms. The molecule has 3 aromatic rings. The van der Waals surface area contributed by atoms with E-state index in [0.29, 0.717) is 0 Å². The number of carbonyl (C=O) groups is 1. The van der Waals surface area contributed by atoms with Gasteiger partial charge in [0.15, 0.2) is 0 Å². The van der Waals surface area contributed by atoms with E-state index in [2.05, 4.69) is 35.0 Å². The lowest BCUT2D eigenvalue weighted by atomic mass is 10.2. The highest BCUT2D eigenvalue weighted by Gasteiger charge is 2.11. The smallest absolute Gasteiger partial charge is 0.294 e. The lowest BCUT2D eigenvalue weighted by molar-refractivity contribution is 0.0988. The number of hydrogen-bond acceptors (Lipinski definition) is 3. The fourth-order valence-electron chi connectivity index (χ4n) is 2.43. The van der Waals surface area contributed by atoms with Crippen molar-refractivity contribution in [2.24, 2.45) is 0 Å². The van der Waals surface area contributed by atoms with Crippen LogP contribution >= 0.6 is 0 Å². The van der Waals surface area contributed by atoms with Gasteiger partial charge in [-0.1, -0.05) is 5.16 Å². The SMILES string of the molecule is CCn1c(C)cc2cc(NC(=O)c3ccno3)ccc21. The maximum absolute atomic E-state index is 11.9. The Balaban J connectivity index is 1.92. The van der Waals surface area contributed by atoms with Crippen LogP contribution in [0.3, 0.4) is 0 Å². The van der Waals surface area contributed by atoms with Crippen LogP contribution in [0.4, 0.5) is 5.69 Å². The summed E-state index contributed by atoms with van der Waals surface area (Å²) in [4.78, 5) is 11.9. The van der Waals surface area contributed by atoms with Crippen LogP contribution in [-0.4, -0.2) is 15.6 Å². The van der Waals surface area contributed by atoms with E-state index in [1.165, 1.54) is 23.5 Å². The average molecular weight is 269 g/mol. The molecule has 1 amide bonds. The predicted molar refractivity (Wildman–Crippen MR) is 76.8 cm³/mol. The highest BCUT2D eigenvalue weighted by molar-refractivity contribution is 6.03. The number of aryl methyl sites for hydroxylation is 2. The third kappa shape index (κ3) is 2.07. The van der Waals surface area contributed by atoms with Gasteiger partial charge in [0.05, 0.1) is 6.20 Å². The van der Waals surface area contributed by atoms with Crippen LogP contribution in [0.2, 0.25) is 0 Å². The summed E-state index contributed by atoms with van der Waals surface area (Å²) in [5.74, 6) is -0.0964. The Morgan fingerprint density at radius 3 is 2.90 bits per heavy atom. The normalized spacial score (nSPS) is 10.9. The van der Waals surface area contributed by atoms with Crippen molar-refractivity contribution >= 4 is 22.5 Å². The molecule has 0 bridgehead atoms. The Morgan fingerprint density at radius 1 is 1.35 bits per heavy atom. The molecule has 0 fully saturated rings. The van der Waals surface area contributed by atoms with E-state index in [4.69, 9.17) is 4.52 Å². The molecule has 1 N–H and O–H groups in total. The van der Waals surface area contributed by atoms with Crippen LogP contribution in [0.15, 0.2) is 41.1 Å². The van der Waals surface area contributed by atoms with E-state index < -0.39 is 0 Å². The third-order valence-corrected chi connectivity index (χ3v) is 3.34. The van der Waals surface area contributed by atoms with E-state index in [1.54, 1.807) is 0 Å². The van der Waals surface area contributed by atoms with Gasteiger partial charge in [0, 0.05) is 34.9 Å². The van der Waals surface area contributed by atoms with Crippen molar-refractivity contribution in [2.75, 3.05) is 5.32 Å². The van der Waals surface area contributed by atoms with Crippen molar-refractivity contribution in [2.45, 2.75) is 20.4 Å². The van der Waals surface area contributed by atoms with Crippen LogP contribution in [0.1, 0.15) is 23.2 Å². The Labute approximate surface area is 116 Å². The molecule has 102 valence electrons. The minimum absolute atomic E-state index is 0.201. The van der Waals surface area contributed by atoms with Gasteiger partial charge in [0.2, 0.25) is 5.76 Å². The summed E-state index contributed by atoms with van der Waals surface area (Å²) in [7, 11) is 0. The summed E-state index contributed by atoms with van der Waals surface area (Å²) in [6.45, 7) is 5.13. The quantitative estimate of drug-likeness (QED) is 0.794. The average Bonchev–Trinajstić information content (AvgIpc) is 3.04. The van der Waals surface area contributed by atoms with Gasteiger partial charge < -0.3 is 14.4 Å². The van der Waals surface area contributed by atoms with Crippen molar-refractivity contribution < 1.29 is 9.32 Å². The van der Waals surface area contributed by atoms with Gasteiger partial charge in [0.25, 0.3) is 5.91 Å².